The van der Waals surface area contributed by atoms with Crippen LogP contribution in [0.25, 0.3) is 0 Å². The highest BCUT2D eigenvalue weighted by molar-refractivity contribution is 7.09. The third-order valence-corrected chi connectivity index (χ3v) is 2.67. The third-order valence-electron chi connectivity index (χ3n) is 1.65. The van der Waals surface area contributed by atoms with Gasteiger partial charge in [-0.05, 0) is 13.8 Å². The van der Waals surface area contributed by atoms with E-state index in [0.29, 0.717) is 0 Å². The van der Waals surface area contributed by atoms with Gasteiger partial charge in [0, 0.05) is 36.6 Å². The Morgan fingerprint density at radius 2 is 2.46 bits per heavy atom. The van der Waals surface area contributed by atoms with Gasteiger partial charge in [-0.15, -0.1) is 11.3 Å². The van der Waals surface area contributed by atoms with Crippen molar-refractivity contribution >= 4 is 11.3 Å². The van der Waals surface area contributed by atoms with E-state index < -0.39 is 0 Å². The minimum atomic E-state index is 0.234. The zero-order chi connectivity index (χ0) is 9.68. The van der Waals surface area contributed by atoms with Gasteiger partial charge in [0.2, 0.25) is 0 Å². The fourth-order valence-electron chi connectivity index (χ4n) is 1.04. The standard InChI is InChI=1S/C9H17N3S/c1-7(10)5-11-4-3-9-12-8(2)6-13-9/h6-7,11H,3-5,10H2,1-2H3. The Kier molecular flexibility index (Phi) is 4.35. The SMILES string of the molecule is Cc1csc(CCNCC(C)N)n1. The van der Waals surface area contributed by atoms with Crippen LogP contribution in [0.1, 0.15) is 17.6 Å². The molecule has 1 unspecified atom stereocenters. The zero-order valence-electron chi connectivity index (χ0n) is 8.21. The van der Waals surface area contributed by atoms with Crippen LogP contribution in [0.15, 0.2) is 5.38 Å². The minimum absolute atomic E-state index is 0.234. The van der Waals surface area contributed by atoms with Gasteiger partial charge in [-0.2, -0.15) is 0 Å². The van der Waals surface area contributed by atoms with Crippen LogP contribution in [0.5, 0.6) is 0 Å². The third kappa shape index (κ3) is 4.36. The quantitative estimate of drug-likeness (QED) is 0.694. The lowest BCUT2D eigenvalue weighted by Gasteiger charge is -2.05. The Labute approximate surface area is 83.4 Å². The van der Waals surface area contributed by atoms with E-state index in [1.54, 1.807) is 11.3 Å². The summed E-state index contributed by atoms with van der Waals surface area (Å²) >= 11 is 1.73. The summed E-state index contributed by atoms with van der Waals surface area (Å²) in [5.74, 6) is 0. The first-order valence-corrected chi connectivity index (χ1v) is 5.43. The summed E-state index contributed by atoms with van der Waals surface area (Å²) in [4.78, 5) is 4.37. The molecule has 13 heavy (non-hydrogen) atoms. The van der Waals surface area contributed by atoms with Crippen molar-refractivity contribution in [2.75, 3.05) is 13.1 Å². The Balaban J connectivity index is 2.13. The number of aryl methyl sites for hydroxylation is 1. The molecule has 74 valence electrons. The zero-order valence-corrected chi connectivity index (χ0v) is 9.03. The molecule has 0 radical (unpaired) electrons. The van der Waals surface area contributed by atoms with Crippen molar-refractivity contribution in [3.05, 3.63) is 16.1 Å². The second-order valence-corrected chi connectivity index (χ2v) is 4.26. The minimum Gasteiger partial charge on any atom is -0.327 e. The maximum absolute atomic E-state index is 5.60. The Morgan fingerprint density at radius 1 is 1.69 bits per heavy atom. The second-order valence-electron chi connectivity index (χ2n) is 3.31. The van der Waals surface area contributed by atoms with Gasteiger partial charge >= 0.3 is 0 Å². The van der Waals surface area contributed by atoms with E-state index in [0.717, 1.165) is 25.2 Å². The number of rotatable bonds is 5. The fraction of sp³-hybridized carbons (Fsp3) is 0.667. The molecule has 0 saturated carbocycles. The molecule has 0 aliphatic carbocycles. The number of hydrogen-bond acceptors (Lipinski definition) is 4. The van der Waals surface area contributed by atoms with Gasteiger partial charge in [0.1, 0.15) is 0 Å². The lowest BCUT2D eigenvalue weighted by Crippen LogP contribution is -2.32. The van der Waals surface area contributed by atoms with Crippen LogP contribution >= 0.6 is 11.3 Å². The number of nitrogens with one attached hydrogen (secondary N) is 1. The van der Waals surface area contributed by atoms with Gasteiger partial charge in [-0.25, -0.2) is 4.98 Å². The van der Waals surface area contributed by atoms with Crippen LogP contribution in [0.4, 0.5) is 0 Å². The smallest absolute Gasteiger partial charge is 0.0940 e. The number of nitrogens with zero attached hydrogens (tertiary/aromatic N) is 1. The van der Waals surface area contributed by atoms with E-state index in [2.05, 4.69) is 15.7 Å². The summed E-state index contributed by atoms with van der Waals surface area (Å²) in [6.45, 7) is 5.87. The van der Waals surface area contributed by atoms with Crippen LogP contribution in [0.3, 0.4) is 0 Å². The van der Waals surface area contributed by atoms with Crippen molar-refractivity contribution in [2.24, 2.45) is 5.73 Å². The average Bonchev–Trinajstić information content (AvgIpc) is 2.45. The fourth-order valence-corrected chi connectivity index (χ4v) is 1.82. The molecule has 1 atom stereocenters. The van der Waals surface area contributed by atoms with E-state index >= 15 is 0 Å². The maximum atomic E-state index is 5.60. The van der Waals surface area contributed by atoms with Crippen LogP contribution in [-0.2, 0) is 6.42 Å². The molecular weight excluding hydrogens is 182 g/mol. The summed E-state index contributed by atoms with van der Waals surface area (Å²) in [5.41, 5.74) is 6.72. The highest BCUT2D eigenvalue weighted by Crippen LogP contribution is 2.08. The van der Waals surface area contributed by atoms with E-state index in [-0.39, 0.29) is 6.04 Å². The van der Waals surface area contributed by atoms with Gasteiger partial charge in [-0.3, -0.25) is 0 Å². The van der Waals surface area contributed by atoms with E-state index in [1.165, 1.54) is 5.01 Å². The monoisotopic (exact) mass is 199 g/mol. The Bertz CT molecular complexity index is 245. The predicted molar refractivity (Wildman–Crippen MR) is 57.1 cm³/mol. The number of aromatic nitrogens is 1. The number of nitrogens with two attached hydrogens (primary N) is 1. The number of hydrogen-bond donors (Lipinski definition) is 2. The normalized spacial score (nSPS) is 13.2. The average molecular weight is 199 g/mol. The molecule has 0 aliphatic rings. The highest BCUT2D eigenvalue weighted by Gasteiger charge is 1.98. The van der Waals surface area contributed by atoms with Gasteiger partial charge in [-0.1, -0.05) is 0 Å². The van der Waals surface area contributed by atoms with Crippen molar-refractivity contribution in [1.82, 2.24) is 10.3 Å². The summed E-state index contributed by atoms with van der Waals surface area (Å²) < 4.78 is 0. The second kappa shape index (κ2) is 5.32. The van der Waals surface area contributed by atoms with Gasteiger partial charge in [0.25, 0.3) is 0 Å². The first-order valence-electron chi connectivity index (χ1n) is 4.56. The van der Waals surface area contributed by atoms with Crippen molar-refractivity contribution < 1.29 is 0 Å². The van der Waals surface area contributed by atoms with Crippen LogP contribution in [0.2, 0.25) is 0 Å². The van der Waals surface area contributed by atoms with E-state index in [4.69, 9.17) is 5.73 Å². The van der Waals surface area contributed by atoms with Crippen LogP contribution < -0.4 is 11.1 Å². The molecule has 0 aliphatic heterocycles. The van der Waals surface area contributed by atoms with Crippen molar-refractivity contribution in [2.45, 2.75) is 26.3 Å². The summed E-state index contributed by atoms with van der Waals surface area (Å²) in [5, 5.41) is 6.57. The first-order chi connectivity index (χ1) is 6.18. The summed E-state index contributed by atoms with van der Waals surface area (Å²) in [6, 6.07) is 0.234. The molecule has 1 aromatic heterocycles. The molecule has 3 nitrogen and oxygen atoms in total. The van der Waals surface area contributed by atoms with E-state index in [1.807, 2.05) is 13.8 Å². The lowest BCUT2D eigenvalue weighted by molar-refractivity contribution is 0.608. The molecule has 1 heterocycles. The molecule has 3 N–H and O–H groups in total. The molecule has 1 rings (SSSR count). The summed E-state index contributed by atoms with van der Waals surface area (Å²) in [6.07, 6.45) is 1.01. The molecule has 1 aromatic rings. The molecule has 4 heteroatoms. The van der Waals surface area contributed by atoms with Crippen molar-refractivity contribution in [3.8, 4) is 0 Å². The first kappa shape index (κ1) is 10.6. The van der Waals surface area contributed by atoms with E-state index in [9.17, 15) is 0 Å². The molecule has 0 aromatic carbocycles. The molecule has 0 amide bonds. The van der Waals surface area contributed by atoms with Gasteiger partial charge < -0.3 is 11.1 Å². The largest absolute Gasteiger partial charge is 0.327 e. The predicted octanol–water partition coefficient (Wildman–Crippen LogP) is 0.931. The lowest BCUT2D eigenvalue weighted by atomic mass is 10.3. The molecule has 0 saturated heterocycles. The topological polar surface area (TPSA) is 50.9 Å². The number of thiazole rings is 1. The maximum Gasteiger partial charge on any atom is 0.0940 e. The molecule has 0 fully saturated rings. The van der Waals surface area contributed by atoms with Crippen molar-refractivity contribution in [1.29, 1.82) is 0 Å². The van der Waals surface area contributed by atoms with Crippen LogP contribution in [-0.4, -0.2) is 24.1 Å². The van der Waals surface area contributed by atoms with Gasteiger partial charge in [0.05, 0.1) is 5.01 Å². The summed E-state index contributed by atoms with van der Waals surface area (Å²) in [7, 11) is 0. The van der Waals surface area contributed by atoms with Crippen LogP contribution in [0, 0.1) is 6.92 Å². The molecule has 0 bridgehead atoms. The van der Waals surface area contributed by atoms with Crippen molar-refractivity contribution in [3.63, 3.8) is 0 Å². The Hall–Kier alpha value is -0.450. The Morgan fingerprint density at radius 3 is 3.00 bits per heavy atom. The molecule has 0 spiro atoms. The molecular formula is C9H17N3S. The van der Waals surface area contributed by atoms with Gasteiger partial charge in [0.15, 0.2) is 0 Å². The highest BCUT2D eigenvalue weighted by atomic mass is 32.1.